The number of methoxy groups -OCH3 is 2. The van der Waals surface area contributed by atoms with Crippen LogP contribution in [0.25, 0.3) is 0 Å². The minimum Gasteiger partial charge on any atom is -0.497 e. The third-order valence-corrected chi connectivity index (χ3v) is 9.04. The molecule has 37 heavy (non-hydrogen) atoms. The number of amides is 1. The van der Waals surface area contributed by atoms with E-state index in [2.05, 4.69) is 41.8 Å². The number of rotatable bonds is 9. The number of carbonyl (C=O) groups is 1. The van der Waals surface area contributed by atoms with Crippen LogP contribution in [-0.2, 0) is 10.2 Å². The molecule has 3 aliphatic rings. The smallest absolute Gasteiger partial charge is 0.254 e. The van der Waals surface area contributed by atoms with Gasteiger partial charge in [-0.25, -0.2) is 0 Å². The van der Waals surface area contributed by atoms with Gasteiger partial charge in [0.2, 0.25) is 0 Å². The molecule has 1 amide bonds. The first-order chi connectivity index (χ1) is 17.9. The number of fused-ring (bicyclic) bond motifs is 1. The highest BCUT2D eigenvalue weighted by Crippen LogP contribution is 2.52. The fourth-order valence-corrected chi connectivity index (χ4v) is 7.03. The van der Waals surface area contributed by atoms with Gasteiger partial charge in [0.25, 0.3) is 5.91 Å². The maximum absolute atomic E-state index is 13.9. The van der Waals surface area contributed by atoms with E-state index in [4.69, 9.17) is 9.47 Å². The standard InChI is InChI=1S/C32H44N2O3/c1-23(2)20-34(31(35)25-9-6-5-7-10-25)27-18-30(37-4)29-22-33(21-24-13-14-24)16-15-32(29,19-27)26-11-8-12-28(17-26)36-3/h5-12,17,23-24,27,29-30H,13-16,18-22H2,1-4H3/t27-,29+,30?,32+/m1/s1. The summed E-state index contributed by atoms with van der Waals surface area (Å²) in [5.41, 5.74) is 2.06. The average Bonchev–Trinajstić information content (AvgIpc) is 3.75. The number of carbonyl (C=O) groups excluding carboxylic acids is 1. The van der Waals surface area contributed by atoms with Crippen molar-refractivity contribution in [2.24, 2.45) is 17.8 Å². The topological polar surface area (TPSA) is 42.0 Å². The summed E-state index contributed by atoms with van der Waals surface area (Å²) in [4.78, 5) is 18.8. The SMILES string of the molecule is COc1cccc([C@@]23CCN(CC4CC4)C[C@H]2C(OC)C[C@@H](N(CC(C)C)C(=O)c2ccccc2)C3)c1. The molecule has 1 aliphatic heterocycles. The molecule has 1 heterocycles. The minimum atomic E-state index is -0.0512. The highest BCUT2D eigenvalue weighted by Gasteiger charge is 2.54. The fraction of sp³-hybridized carbons (Fsp3) is 0.594. The Kier molecular flexibility index (Phi) is 7.92. The summed E-state index contributed by atoms with van der Waals surface area (Å²) in [6.45, 7) is 8.55. The van der Waals surface area contributed by atoms with Crippen LogP contribution >= 0.6 is 0 Å². The predicted octanol–water partition coefficient (Wildman–Crippen LogP) is 5.64. The van der Waals surface area contributed by atoms with Gasteiger partial charge in [0.1, 0.15) is 5.75 Å². The van der Waals surface area contributed by atoms with Crippen molar-refractivity contribution in [2.75, 3.05) is 40.4 Å². The van der Waals surface area contributed by atoms with Crippen LogP contribution in [0.15, 0.2) is 54.6 Å². The second-order valence-corrected chi connectivity index (χ2v) is 12.0. The molecule has 0 N–H and O–H groups in total. The molecule has 3 fully saturated rings. The van der Waals surface area contributed by atoms with E-state index < -0.39 is 0 Å². The normalized spacial score (nSPS) is 28.1. The Labute approximate surface area is 223 Å². The molecule has 0 spiro atoms. The number of hydrogen-bond acceptors (Lipinski definition) is 4. The van der Waals surface area contributed by atoms with E-state index in [9.17, 15) is 4.79 Å². The summed E-state index contributed by atoms with van der Waals surface area (Å²) in [6, 6.07) is 18.6. The molecule has 5 heteroatoms. The molecule has 200 valence electrons. The van der Waals surface area contributed by atoms with Crippen molar-refractivity contribution in [3.05, 3.63) is 65.7 Å². The third kappa shape index (κ3) is 5.58. The molecule has 0 bridgehead atoms. The van der Waals surface area contributed by atoms with E-state index in [1.807, 2.05) is 43.5 Å². The molecule has 0 radical (unpaired) electrons. The summed E-state index contributed by atoms with van der Waals surface area (Å²) in [5.74, 6) is 2.70. The Morgan fingerprint density at radius 2 is 1.89 bits per heavy atom. The lowest BCUT2D eigenvalue weighted by atomic mass is 9.56. The van der Waals surface area contributed by atoms with Crippen LogP contribution in [0.3, 0.4) is 0 Å². The molecule has 0 aromatic heterocycles. The Bertz CT molecular complexity index is 1050. The second-order valence-electron chi connectivity index (χ2n) is 12.0. The Morgan fingerprint density at radius 1 is 1.11 bits per heavy atom. The quantitative estimate of drug-likeness (QED) is 0.443. The fourth-order valence-electron chi connectivity index (χ4n) is 7.03. The summed E-state index contributed by atoms with van der Waals surface area (Å²) >= 11 is 0. The van der Waals surface area contributed by atoms with Gasteiger partial charge < -0.3 is 19.3 Å². The number of ether oxygens (including phenoxy) is 2. The van der Waals surface area contributed by atoms with Crippen LogP contribution in [0.5, 0.6) is 5.75 Å². The van der Waals surface area contributed by atoms with Gasteiger partial charge in [0.05, 0.1) is 13.2 Å². The van der Waals surface area contributed by atoms with Gasteiger partial charge in [-0.2, -0.15) is 0 Å². The zero-order valence-corrected chi connectivity index (χ0v) is 23.1. The first kappa shape index (κ1) is 26.2. The van der Waals surface area contributed by atoms with Gasteiger partial charge in [-0.1, -0.05) is 44.2 Å². The summed E-state index contributed by atoms with van der Waals surface area (Å²) in [6.07, 6.45) is 5.80. The van der Waals surface area contributed by atoms with Crippen LogP contribution in [0, 0.1) is 17.8 Å². The van der Waals surface area contributed by atoms with Crippen molar-refractivity contribution in [1.82, 2.24) is 9.80 Å². The highest BCUT2D eigenvalue weighted by molar-refractivity contribution is 5.94. The van der Waals surface area contributed by atoms with Gasteiger partial charge in [0.15, 0.2) is 0 Å². The minimum absolute atomic E-state index is 0.0512. The predicted molar refractivity (Wildman–Crippen MR) is 148 cm³/mol. The van der Waals surface area contributed by atoms with Gasteiger partial charge in [-0.15, -0.1) is 0 Å². The van der Waals surface area contributed by atoms with Gasteiger partial charge in [-0.05, 0) is 80.3 Å². The van der Waals surface area contributed by atoms with Crippen molar-refractivity contribution in [3.63, 3.8) is 0 Å². The lowest BCUT2D eigenvalue weighted by molar-refractivity contribution is -0.0824. The highest BCUT2D eigenvalue weighted by atomic mass is 16.5. The van der Waals surface area contributed by atoms with Crippen molar-refractivity contribution in [3.8, 4) is 5.75 Å². The molecule has 5 rings (SSSR count). The zero-order valence-electron chi connectivity index (χ0n) is 23.1. The number of nitrogens with zero attached hydrogens (tertiary/aromatic N) is 2. The molecule has 2 aromatic carbocycles. The van der Waals surface area contributed by atoms with Crippen LogP contribution in [0.2, 0.25) is 0 Å². The van der Waals surface area contributed by atoms with Crippen molar-refractivity contribution >= 4 is 5.91 Å². The summed E-state index contributed by atoms with van der Waals surface area (Å²) in [7, 11) is 3.62. The van der Waals surface area contributed by atoms with Crippen LogP contribution in [0.1, 0.15) is 61.9 Å². The zero-order chi connectivity index (χ0) is 26.0. The molecule has 4 atom stereocenters. The monoisotopic (exact) mass is 504 g/mol. The molecule has 1 saturated heterocycles. The van der Waals surface area contributed by atoms with E-state index in [1.165, 1.54) is 24.9 Å². The maximum Gasteiger partial charge on any atom is 0.254 e. The molecule has 2 aromatic rings. The number of benzene rings is 2. The summed E-state index contributed by atoms with van der Waals surface area (Å²) < 4.78 is 12.0. The van der Waals surface area contributed by atoms with Gasteiger partial charge in [-0.3, -0.25) is 4.79 Å². The molecule has 5 nitrogen and oxygen atoms in total. The lowest BCUT2D eigenvalue weighted by Crippen LogP contribution is -2.62. The van der Waals surface area contributed by atoms with Crippen molar-refractivity contribution < 1.29 is 14.3 Å². The number of likely N-dealkylation sites (tertiary alicyclic amines) is 1. The first-order valence-electron chi connectivity index (χ1n) is 14.2. The van der Waals surface area contributed by atoms with Crippen molar-refractivity contribution in [1.29, 1.82) is 0 Å². The molecular weight excluding hydrogens is 460 g/mol. The third-order valence-electron chi connectivity index (χ3n) is 9.04. The maximum atomic E-state index is 13.9. The number of piperidine rings is 1. The van der Waals surface area contributed by atoms with Crippen LogP contribution in [0.4, 0.5) is 0 Å². The van der Waals surface area contributed by atoms with E-state index in [-0.39, 0.29) is 23.5 Å². The van der Waals surface area contributed by atoms with Crippen molar-refractivity contribution in [2.45, 2.75) is 63.5 Å². The number of hydrogen-bond donors (Lipinski definition) is 0. The molecule has 2 aliphatic carbocycles. The van der Waals surface area contributed by atoms with Crippen LogP contribution < -0.4 is 4.74 Å². The van der Waals surface area contributed by atoms with E-state index in [0.717, 1.165) is 56.1 Å². The average molecular weight is 505 g/mol. The summed E-state index contributed by atoms with van der Waals surface area (Å²) in [5, 5.41) is 0. The Balaban J connectivity index is 1.52. The van der Waals surface area contributed by atoms with E-state index in [1.54, 1.807) is 7.11 Å². The molecular formula is C32H44N2O3. The second kappa shape index (κ2) is 11.2. The van der Waals surface area contributed by atoms with Crippen LogP contribution in [-0.4, -0.2) is 68.3 Å². The van der Waals surface area contributed by atoms with Gasteiger partial charge >= 0.3 is 0 Å². The first-order valence-corrected chi connectivity index (χ1v) is 14.2. The Morgan fingerprint density at radius 3 is 2.57 bits per heavy atom. The van der Waals surface area contributed by atoms with Gasteiger partial charge in [0, 0.05) is 49.7 Å². The molecule has 1 unspecified atom stereocenters. The Hall–Kier alpha value is -2.37. The molecule has 2 saturated carbocycles. The van der Waals surface area contributed by atoms with E-state index in [0.29, 0.717) is 11.8 Å². The van der Waals surface area contributed by atoms with E-state index >= 15 is 0 Å². The largest absolute Gasteiger partial charge is 0.497 e. The lowest BCUT2D eigenvalue weighted by Gasteiger charge is -2.57.